The Morgan fingerprint density at radius 3 is 2.92 bits per heavy atom. The average molecular weight is 258 g/mol. The van der Waals surface area contributed by atoms with Gasteiger partial charge in [-0.1, -0.05) is 0 Å². The Kier molecular flexibility index (Phi) is 2.28. The van der Waals surface area contributed by atoms with Crippen LogP contribution in [0, 0.1) is 0 Å². The summed E-state index contributed by atoms with van der Waals surface area (Å²) in [6.07, 6.45) is 0.728. The van der Waals surface area contributed by atoms with Crippen molar-refractivity contribution in [3.63, 3.8) is 0 Å². The standard InChI is InChI=1S/C8H4BrNO2S/c9-7-2-1-6(12-7)5-4-13-8(3-11)10-5/h1-4H. The van der Waals surface area contributed by atoms with E-state index in [4.69, 9.17) is 4.42 Å². The summed E-state index contributed by atoms with van der Waals surface area (Å²) in [5, 5.41) is 2.25. The highest BCUT2D eigenvalue weighted by Gasteiger charge is 2.07. The minimum absolute atomic E-state index is 0.461. The largest absolute Gasteiger partial charge is 0.448 e. The smallest absolute Gasteiger partial charge is 0.178 e. The number of aldehydes is 1. The molecule has 0 aliphatic carbocycles. The lowest BCUT2D eigenvalue weighted by molar-refractivity contribution is 0.112. The van der Waals surface area contributed by atoms with Crippen molar-refractivity contribution in [1.29, 1.82) is 0 Å². The Bertz CT molecular complexity index is 435. The third-order valence-electron chi connectivity index (χ3n) is 1.45. The summed E-state index contributed by atoms with van der Waals surface area (Å²) in [4.78, 5) is 14.4. The van der Waals surface area contributed by atoms with Gasteiger partial charge in [0.2, 0.25) is 0 Å². The molecule has 2 heterocycles. The summed E-state index contributed by atoms with van der Waals surface area (Å²) in [6, 6.07) is 3.59. The van der Waals surface area contributed by atoms with Gasteiger partial charge in [-0.05, 0) is 28.1 Å². The van der Waals surface area contributed by atoms with Gasteiger partial charge >= 0.3 is 0 Å². The average Bonchev–Trinajstić information content (AvgIpc) is 2.71. The van der Waals surface area contributed by atoms with Crippen molar-refractivity contribution in [2.24, 2.45) is 0 Å². The first kappa shape index (κ1) is 8.65. The SMILES string of the molecule is O=Cc1nc(-c2ccc(Br)o2)cs1. The second-order valence-electron chi connectivity index (χ2n) is 2.29. The number of halogens is 1. The molecule has 2 rings (SSSR count). The molecule has 0 aliphatic heterocycles. The summed E-state index contributed by atoms with van der Waals surface area (Å²) >= 11 is 4.49. The predicted molar refractivity (Wildman–Crippen MR) is 52.9 cm³/mol. The number of furan rings is 1. The minimum Gasteiger partial charge on any atom is -0.448 e. The summed E-state index contributed by atoms with van der Waals surface area (Å²) in [6.45, 7) is 0. The molecule has 0 saturated carbocycles. The Balaban J connectivity index is 2.40. The van der Waals surface area contributed by atoms with E-state index in [2.05, 4.69) is 20.9 Å². The number of aromatic nitrogens is 1. The zero-order valence-electron chi connectivity index (χ0n) is 6.36. The van der Waals surface area contributed by atoms with Gasteiger partial charge < -0.3 is 4.42 Å². The van der Waals surface area contributed by atoms with E-state index < -0.39 is 0 Å². The second kappa shape index (κ2) is 3.43. The normalized spacial score (nSPS) is 10.2. The lowest BCUT2D eigenvalue weighted by Crippen LogP contribution is -1.76. The molecule has 0 radical (unpaired) electrons. The number of carbonyl (C=O) groups excluding carboxylic acids is 1. The van der Waals surface area contributed by atoms with Crippen LogP contribution in [0.4, 0.5) is 0 Å². The monoisotopic (exact) mass is 257 g/mol. The molecule has 0 aromatic carbocycles. The molecule has 0 fully saturated rings. The van der Waals surface area contributed by atoms with Gasteiger partial charge in [0.25, 0.3) is 0 Å². The summed E-state index contributed by atoms with van der Waals surface area (Å²) in [7, 11) is 0. The molecule has 0 amide bonds. The molecule has 2 aromatic rings. The molecule has 66 valence electrons. The lowest BCUT2D eigenvalue weighted by Gasteiger charge is -1.86. The van der Waals surface area contributed by atoms with E-state index in [9.17, 15) is 4.79 Å². The van der Waals surface area contributed by atoms with Gasteiger partial charge in [0, 0.05) is 5.38 Å². The maximum absolute atomic E-state index is 10.4. The highest BCUT2D eigenvalue weighted by atomic mass is 79.9. The van der Waals surface area contributed by atoms with Gasteiger partial charge in [0.05, 0.1) is 0 Å². The van der Waals surface area contributed by atoms with Gasteiger partial charge in [-0.3, -0.25) is 4.79 Å². The number of hydrogen-bond donors (Lipinski definition) is 0. The fourth-order valence-corrected chi connectivity index (χ4v) is 1.82. The number of thiazole rings is 1. The first-order valence-electron chi connectivity index (χ1n) is 3.46. The van der Waals surface area contributed by atoms with Crippen LogP contribution in [0.3, 0.4) is 0 Å². The summed E-state index contributed by atoms with van der Waals surface area (Å²) in [5.41, 5.74) is 0.692. The minimum atomic E-state index is 0.461. The van der Waals surface area contributed by atoms with Crippen molar-refractivity contribution in [3.8, 4) is 11.5 Å². The maximum Gasteiger partial charge on any atom is 0.178 e. The van der Waals surface area contributed by atoms with Gasteiger partial charge in [-0.25, -0.2) is 4.98 Å². The molecule has 0 saturated heterocycles. The highest BCUT2D eigenvalue weighted by Crippen LogP contribution is 2.25. The van der Waals surface area contributed by atoms with E-state index in [1.54, 1.807) is 17.5 Å². The first-order chi connectivity index (χ1) is 6.29. The van der Waals surface area contributed by atoms with Crippen molar-refractivity contribution in [2.75, 3.05) is 0 Å². The molecule has 2 aromatic heterocycles. The Morgan fingerprint density at radius 2 is 2.38 bits per heavy atom. The van der Waals surface area contributed by atoms with E-state index >= 15 is 0 Å². The molecule has 0 N–H and O–H groups in total. The molecule has 0 bridgehead atoms. The van der Waals surface area contributed by atoms with E-state index in [0.717, 1.165) is 6.29 Å². The van der Waals surface area contributed by atoms with Crippen LogP contribution >= 0.6 is 27.3 Å². The second-order valence-corrected chi connectivity index (χ2v) is 3.96. The Morgan fingerprint density at radius 1 is 1.54 bits per heavy atom. The topological polar surface area (TPSA) is 43.1 Å². The predicted octanol–water partition coefficient (Wildman–Crippen LogP) is 2.98. The molecule has 0 atom stereocenters. The molecule has 0 unspecified atom stereocenters. The fourth-order valence-electron chi connectivity index (χ4n) is 0.907. The zero-order valence-corrected chi connectivity index (χ0v) is 8.76. The third-order valence-corrected chi connectivity index (χ3v) is 2.64. The van der Waals surface area contributed by atoms with Crippen molar-refractivity contribution in [1.82, 2.24) is 4.98 Å². The van der Waals surface area contributed by atoms with Gasteiger partial charge in [-0.15, -0.1) is 11.3 Å². The quantitative estimate of drug-likeness (QED) is 0.777. The van der Waals surface area contributed by atoms with Crippen LogP contribution in [-0.2, 0) is 0 Å². The van der Waals surface area contributed by atoms with E-state index in [1.165, 1.54) is 11.3 Å². The highest BCUT2D eigenvalue weighted by molar-refractivity contribution is 9.10. The van der Waals surface area contributed by atoms with Gasteiger partial charge in [0.15, 0.2) is 21.7 Å². The van der Waals surface area contributed by atoms with Crippen LogP contribution < -0.4 is 0 Å². The molecule has 0 spiro atoms. The van der Waals surface area contributed by atoms with Crippen LogP contribution in [0.1, 0.15) is 9.80 Å². The molecule has 0 aliphatic rings. The van der Waals surface area contributed by atoms with Crippen molar-refractivity contribution >= 4 is 33.6 Å². The first-order valence-corrected chi connectivity index (χ1v) is 5.13. The summed E-state index contributed by atoms with van der Waals surface area (Å²) in [5.74, 6) is 0.663. The number of hydrogen-bond acceptors (Lipinski definition) is 4. The molecule has 5 heteroatoms. The van der Waals surface area contributed by atoms with Crippen LogP contribution in [0.5, 0.6) is 0 Å². The third kappa shape index (κ3) is 1.71. The van der Waals surface area contributed by atoms with Crippen LogP contribution in [-0.4, -0.2) is 11.3 Å². The van der Waals surface area contributed by atoms with E-state index in [1.807, 2.05) is 0 Å². The Hall–Kier alpha value is -0.940. The Labute approximate surface area is 86.5 Å². The van der Waals surface area contributed by atoms with Crippen molar-refractivity contribution < 1.29 is 9.21 Å². The summed E-state index contributed by atoms with van der Waals surface area (Å²) < 4.78 is 5.93. The molecule has 3 nitrogen and oxygen atoms in total. The fraction of sp³-hybridized carbons (Fsp3) is 0. The number of rotatable bonds is 2. The van der Waals surface area contributed by atoms with Crippen molar-refractivity contribution in [3.05, 3.63) is 27.2 Å². The maximum atomic E-state index is 10.4. The van der Waals surface area contributed by atoms with Crippen LogP contribution in [0.15, 0.2) is 26.6 Å². The molecule has 13 heavy (non-hydrogen) atoms. The van der Waals surface area contributed by atoms with Crippen LogP contribution in [0.2, 0.25) is 0 Å². The number of carbonyl (C=O) groups is 1. The lowest BCUT2D eigenvalue weighted by atomic mass is 10.4. The molecular weight excluding hydrogens is 254 g/mol. The van der Waals surface area contributed by atoms with Crippen molar-refractivity contribution in [2.45, 2.75) is 0 Å². The van der Waals surface area contributed by atoms with Crippen LogP contribution in [0.25, 0.3) is 11.5 Å². The van der Waals surface area contributed by atoms with E-state index in [0.29, 0.717) is 21.1 Å². The van der Waals surface area contributed by atoms with E-state index in [-0.39, 0.29) is 0 Å². The molecular formula is C8H4BrNO2S. The van der Waals surface area contributed by atoms with Gasteiger partial charge in [0.1, 0.15) is 5.69 Å². The zero-order chi connectivity index (χ0) is 9.26. The van der Waals surface area contributed by atoms with Gasteiger partial charge in [-0.2, -0.15) is 0 Å². The number of nitrogens with zero attached hydrogens (tertiary/aromatic N) is 1.